The van der Waals surface area contributed by atoms with Gasteiger partial charge in [-0.05, 0) is 23.8 Å². The third-order valence-electron chi connectivity index (χ3n) is 3.03. The molecule has 2 rings (SSSR count). The number of hydrazine groups is 1. The van der Waals surface area contributed by atoms with Crippen molar-refractivity contribution in [2.75, 3.05) is 12.5 Å². The van der Waals surface area contributed by atoms with Crippen LogP contribution in [-0.4, -0.2) is 22.8 Å². The number of benzene rings is 1. The summed E-state index contributed by atoms with van der Waals surface area (Å²) >= 11 is 0. The molecular weight excluding hydrogens is 266 g/mol. The van der Waals surface area contributed by atoms with Crippen molar-refractivity contribution in [1.29, 1.82) is 5.26 Å². The minimum absolute atomic E-state index is 0.196. The van der Waals surface area contributed by atoms with Crippen LogP contribution in [0.15, 0.2) is 42.7 Å². The second-order valence-electron chi connectivity index (χ2n) is 4.54. The molecular formula is C15H15N5O. The Kier molecular flexibility index (Phi) is 4.49. The van der Waals surface area contributed by atoms with Gasteiger partial charge in [-0.3, -0.25) is 15.6 Å². The summed E-state index contributed by atoms with van der Waals surface area (Å²) in [5.41, 5.74) is 4.86. The fourth-order valence-corrected chi connectivity index (χ4v) is 1.98. The summed E-state index contributed by atoms with van der Waals surface area (Å²) in [6.07, 6.45) is 3.03. The van der Waals surface area contributed by atoms with Crippen LogP contribution in [0.2, 0.25) is 0 Å². The van der Waals surface area contributed by atoms with Crippen LogP contribution in [0.3, 0.4) is 0 Å². The Bertz CT molecular complexity index is 692. The Morgan fingerprint density at radius 3 is 3.00 bits per heavy atom. The maximum Gasteiger partial charge on any atom is 0.257 e. The molecule has 1 amide bonds. The minimum Gasteiger partial charge on any atom is -0.337 e. The molecule has 21 heavy (non-hydrogen) atoms. The zero-order chi connectivity index (χ0) is 15.2. The third-order valence-corrected chi connectivity index (χ3v) is 3.03. The van der Waals surface area contributed by atoms with Crippen LogP contribution in [-0.2, 0) is 6.54 Å². The predicted molar refractivity (Wildman–Crippen MR) is 79.0 cm³/mol. The number of amides is 1. The minimum atomic E-state index is -0.196. The molecule has 1 heterocycles. The van der Waals surface area contributed by atoms with Gasteiger partial charge in [-0.1, -0.05) is 12.1 Å². The van der Waals surface area contributed by atoms with Gasteiger partial charge >= 0.3 is 0 Å². The Morgan fingerprint density at radius 1 is 1.48 bits per heavy atom. The monoisotopic (exact) mass is 281 g/mol. The van der Waals surface area contributed by atoms with Gasteiger partial charge in [0.25, 0.3) is 5.91 Å². The lowest BCUT2D eigenvalue weighted by Crippen LogP contribution is -2.27. The van der Waals surface area contributed by atoms with Gasteiger partial charge in [0, 0.05) is 26.0 Å². The highest BCUT2D eigenvalue weighted by Gasteiger charge is 2.16. The summed E-state index contributed by atoms with van der Waals surface area (Å²) in [7, 11) is 1.69. The van der Waals surface area contributed by atoms with E-state index in [9.17, 15) is 4.79 Å². The number of nitrogen functional groups attached to an aromatic ring is 1. The van der Waals surface area contributed by atoms with Crippen molar-refractivity contribution in [3.8, 4) is 6.07 Å². The quantitative estimate of drug-likeness (QED) is 0.654. The molecule has 0 aliphatic heterocycles. The van der Waals surface area contributed by atoms with Crippen LogP contribution < -0.4 is 11.3 Å². The van der Waals surface area contributed by atoms with E-state index < -0.39 is 0 Å². The fourth-order valence-electron chi connectivity index (χ4n) is 1.98. The zero-order valence-electron chi connectivity index (χ0n) is 11.6. The van der Waals surface area contributed by atoms with Gasteiger partial charge in [-0.2, -0.15) is 5.26 Å². The number of carbonyl (C=O) groups is 1. The van der Waals surface area contributed by atoms with Crippen molar-refractivity contribution >= 4 is 11.6 Å². The molecule has 1 aromatic heterocycles. The van der Waals surface area contributed by atoms with Crippen molar-refractivity contribution in [2.45, 2.75) is 6.54 Å². The molecule has 0 aliphatic carbocycles. The summed E-state index contributed by atoms with van der Waals surface area (Å²) in [6.45, 7) is 0.396. The number of pyridine rings is 1. The van der Waals surface area contributed by atoms with Crippen molar-refractivity contribution in [2.24, 2.45) is 5.84 Å². The van der Waals surface area contributed by atoms with Crippen molar-refractivity contribution < 1.29 is 4.79 Å². The smallest absolute Gasteiger partial charge is 0.257 e. The molecule has 0 saturated carbocycles. The number of rotatable bonds is 4. The third kappa shape index (κ3) is 3.35. The highest BCUT2D eigenvalue weighted by Crippen LogP contribution is 2.16. The molecule has 1 aromatic carbocycles. The Morgan fingerprint density at radius 2 is 2.29 bits per heavy atom. The van der Waals surface area contributed by atoms with Gasteiger partial charge < -0.3 is 10.3 Å². The summed E-state index contributed by atoms with van der Waals surface area (Å²) in [4.78, 5) is 17.9. The van der Waals surface area contributed by atoms with Crippen LogP contribution in [0.4, 0.5) is 5.69 Å². The standard InChI is InChI=1S/C15H15N5O/c1-20(10-12-4-2-3-11(7-12)8-16)15(21)13-9-18-6-5-14(13)19-17/h2-7,9H,10,17H2,1H3,(H,18,19). The molecule has 0 unspecified atom stereocenters. The topological polar surface area (TPSA) is 95.0 Å². The molecule has 6 nitrogen and oxygen atoms in total. The molecule has 3 N–H and O–H groups in total. The van der Waals surface area contributed by atoms with E-state index in [1.54, 1.807) is 42.4 Å². The second-order valence-corrected chi connectivity index (χ2v) is 4.54. The van der Waals surface area contributed by atoms with E-state index in [-0.39, 0.29) is 5.91 Å². The maximum absolute atomic E-state index is 12.4. The van der Waals surface area contributed by atoms with Crippen LogP contribution in [0.25, 0.3) is 0 Å². The normalized spacial score (nSPS) is 9.76. The zero-order valence-corrected chi connectivity index (χ0v) is 11.6. The average molecular weight is 281 g/mol. The number of nitrogens with zero attached hydrogens (tertiary/aromatic N) is 3. The Labute approximate surface area is 122 Å². The van der Waals surface area contributed by atoms with Gasteiger partial charge in [0.15, 0.2) is 0 Å². The first kappa shape index (κ1) is 14.5. The first-order valence-corrected chi connectivity index (χ1v) is 6.31. The Hall–Kier alpha value is -2.91. The summed E-state index contributed by atoms with van der Waals surface area (Å²) in [6, 6.07) is 10.9. The molecule has 0 aliphatic rings. The van der Waals surface area contributed by atoms with Gasteiger partial charge in [0.2, 0.25) is 0 Å². The summed E-state index contributed by atoms with van der Waals surface area (Å²) < 4.78 is 0. The van der Waals surface area contributed by atoms with E-state index in [0.29, 0.717) is 23.4 Å². The molecule has 106 valence electrons. The number of aromatic nitrogens is 1. The number of carbonyl (C=O) groups excluding carboxylic acids is 1. The van der Waals surface area contributed by atoms with Crippen molar-refractivity contribution in [3.05, 3.63) is 59.4 Å². The van der Waals surface area contributed by atoms with Gasteiger partial charge in [0.05, 0.1) is 22.9 Å². The molecule has 6 heteroatoms. The van der Waals surface area contributed by atoms with E-state index in [4.69, 9.17) is 11.1 Å². The van der Waals surface area contributed by atoms with E-state index in [1.165, 1.54) is 6.20 Å². The lowest BCUT2D eigenvalue weighted by Gasteiger charge is -2.18. The van der Waals surface area contributed by atoms with E-state index in [2.05, 4.69) is 16.5 Å². The first-order valence-electron chi connectivity index (χ1n) is 6.31. The van der Waals surface area contributed by atoms with E-state index in [0.717, 1.165) is 5.56 Å². The van der Waals surface area contributed by atoms with Crippen LogP contribution >= 0.6 is 0 Å². The van der Waals surface area contributed by atoms with Crippen molar-refractivity contribution in [3.63, 3.8) is 0 Å². The lowest BCUT2D eigenvalue weighted by molar-refractivity contribution is 0.0785. The lowest BCUT2D eigenvalue weighted by atomic mass is 10.1. The van der Waals surface area contributed by atoms with Gasteiger partial charge in [0.1, 0.15) is 0 Å². The molecule has 0 bridgehead atoms. The van der Waals surface area contributed by atoms with Gasteiger partial charge in [-0.15, -0.1) is 0 Å². The molecule has 0 spiro atoms. The van der Waals surface area contributed by atoms with Crippen LogP contribution in [0, 0.1) is 11.3 Å². The number of hydrogen-bond donors (Lipinski definition) is 2. The summed E-state index contributed by atoms with van der Waals surface area (Å²) in [5, 5.41) is 8.89. The number of nitriles is 1. The number of anilines is 1. The largest absolute Gasteiger partial charge is 0.337 e. The molecule has 2 aromatic rings. The molecule has 0 fully saturated rings. The Balaban J connectivity index is 2.18. The number of nitrogens with one attached hydrogen (secondary N) is 1. The molecule has 0 radical (unpaired) electrons. The van der Waals surface area contributed by atoms with E-state index >= 15 is 0 Å². The molecule has 0 saturated heterocycles. The van der Waals surface area contributed by atoms with E-state index in [1.807, 2.05) is 6.07 Å². The van der Waals surface area contributed by atoms with Crippen LogP contribution in [0.5, 0.6) is 0 Å². The average Bonchev–Trinajstić information content (AvgIpc) is 2.54. The maximum atomic E-state index is 12.4. The SMILES string of the molecule is CN(Cc1cccc(C#N)c1)C(=O)c1cnccc1NN. The number of hydrogen-bond acceptors (Lipinski definition) is 5. The summed E-state index contributed by atoms with van der Waals surface area (Å²) in [5.74, 6) is 5.20. The molecule has 0 atom stereocenters. The fraction of sp³-hybridized carbons (Fsp3) is 0.133. The highest BCUT2D eigenvalue weighted by molar-refractivity contribution is 5.99. The van der Waals surface area contributed by atoms with Crippen LogP contribution in [0.1, 0.15) is 21.5 Å². The number of nitrogens with two attached hydrogens (primary N) is 1. The highest BCUT2D eigenvalue weighted by atomic mass is 16.2. The first-order chi connectivity index (χ1) is 10.2. The van der Waals surface area contributed by atoms with Gasteiger partial charge in [-0.25, -0.2) is 0 Å². The predicted octanol–water partition coefficient (Wildman–Crippen LogP) is 1.51. The second kappa shape index (κ2) is 6.50. The van der Waals surface area contributed by atoms with Crippen molar-refractivity contribution in [1.82, 2.24) is 9.88 Å².